The van der Waals surface area contributed by atoms with Crippen LogP contribution in [-0.4, -0.2) is 9.78 Å². The number of halogens is 2. The second-order valence-corrected chi connectivity index (χ2v) is 4.95. The first kappa shape index (κ1) is 14.0. The molecule has 0 aliphatic heterocycles. The summed E-state index contributed by atoms with van der Waals surface area (Å²) in [5.74, 6) is -0.244. The molecule has 1 atom stereocenters. The molecule has 1 aromatic carbocycles. The fourth-order valence-corrected chi connectivity index (χ4v) is 2.38. The molecule has 1 unspecified atom stereocenters. The van der Waals surface area contributed by atoms with E-state index < -0.39 is 0 Å². The van der Waals surface area contributed by atoms with Gasteiger partial charge in [-0.15, -0.1) is 0 Å². The SMILES string of the molecule is CCCn1ncc(Cl)c1C(N)Cc1ccc(F)cc1. The van der Waals surface area contributed by atoms with Gasteiger partial charge in [0.2, 0.25) is 0 Å². The highest BCUT2D eigenvalue weighted by atomic mass is 35.5. The molecule has 19 heavy (non-hydrogen) atoms. The van der Waals surface area contributed by atoms with E-state index in [2.05, 4.69) is 12.0 Å². The third kappa shape index (κ3) is 3.33. The molecule has 0 fully saturated rings. The van der Waals surface area contributed by atoms with Gasteiger partial charge in [-0.2, -0.15) is 5.10 Å². The lowest BCUT2D eigenvalue weighted by molar-refractivity contribution is 0.537. The Morgan fingerprint density at radius 1 is 1.37 bits per heavy atom. The van der Waals surface area contributed by atoms with E-state index in [1.807, 2.05) is 4.68 Å². The van der Waals surface area contributed by atoms with Gasteiger partial charge in [0.15, 0.2) is 0 Å². The summed E-state index contributed by atoms with van der Waals surface area (Å²) in [7, 11) is 0. The summed E-state index contributed by atoms with van der Waals surface area (Å²) < 4.78 is 14.7. The summed E-state index contributed by atoms with van der Waals surface area (Å²) in [6, 6.07) is 6.11. The molecule has 1 heterocycles. The van der Waals surface area contributed by atoms with Gasteiger partial charge in [0.1, 0.15) is 5.82 Å². The molecular weight excluding hydrogens is 265 g/mol. The van der Waals surface area contributed by atoms with Crippen LogP contribution in [0, 0.1) is 5.82 Å². The number of nitrogens with zero attached hydrogens (tertiary/aromatic N) is 2. The van der Waals surface area contributed by atoms with Crippen LogP contribution in [0.1, 0.15) is 30.6 Å². The van der Waals surface area contributed by atoms with Crippen molar-refractivity contribution >= 4 is 11.6 Å². The van der Waals surface area contributed by atoms with Crippen LogP contribution in [0.15, 0.2) is 30.5 Å². The van der Waals surface area contributed by atoms with Crippen molar-refractivity contribution in [2.75, 3.05) is 0 Å². The van der Waals surface area contributed by atoms with Gasteiger partial charge in [0, 0.05) is 6.54 Å². The lowest BCUT2D eigenvalue weighted by Crippen LogP contribution is -2.19. The number of benzene rings is 1. The number of aryl methyl sites for hydroxylation is 1. The Balaban J connectivity index is 2.17. The van der Waals surface area contributed by atoms with E-state index in [1.54, 1.807) is 18.3 Å². The summed E-state index contributed by atoms with van der Waals surface area (Å²) in [5.41, 5.74) is 8.02. The lowest BCUT2D eigenvalue weighted by Gasteiger charge is -2.15. The maximum absolute atomic E-state index is 12.9. The fourth-order valence-electron chi connectivity index (χ4n) is 2.10. The van der Waals surface area contributed by atoms with Crippen LogP contribution in [-0.2, 0) is 13.0 Å². The minimum absolute atomic E-state index is 0.244. The quantitative estimate of drug-likeness (QED) is 0.913. The van der Waals surface area contributed by atoms with Gasteiger partial charge in [0.05, 0.1) is 23.0 Å². The first-order valence-electron chi connectivity index (χ1n) is 6.33. The smallest absolute Gasteiger partial charge is 0.123 e. The van der Waals surface area contributed by atoms with Crippen molar-refractivity contribution in [2.24, 2.45) is 5.73 Å². The summed E-state index contributed by atoms with van der Waals surface area (Å²) in [6.07, 6.45) is 3.20. The average Bonchev–Trinajstić information content (AvgIpc) is 2.74. The van der Waals surface area contributed by atoms with Crippen LogP contribution in [0.4, 0.5) is 4.39 Å². The monoisotopic (exact) mass is 281 g/mol. The summed E-state index contributed by atoms with van der Waals surface area (Å²) in [6.45, 7) is 2.87. The average molecular weight is 282 g/mol. The minimum atomic E-state index is -0.244. The van der Waals surface area contributed by atoms with E-state index in [9.17, 15) is 4.39 Å². The molecule has 0 aliphatic rings. The molecule has 2 rings (SSSR count). The molecule has 5 heteroatoms. The molecule has 0 spiro atoms. The standard InChI is InChI=1S/C14H17ClFN3/c1-2-7-19-14(12(15)9-18-19)13(17)8-10-3-5-11(16)6-4-10/h3-6,9,13H,2,7-8,17H2,1H3. The molecule has 0 saturated heterocycles. The van der Waals surface area contributed by atoms with Crippen LogP contribution >= 0.6 is 11.6 Å². The molecule has 3 nitrogen and oxygen atoms in total. The normalized spacial score (nSPS) is 12.6. The van der Waals surface area contributed by atoms with E-state index in [4.69, 9.17) is 17.3 Å². The maximum atomic E-state index is 12.9. The third-order valence-electron chi connectivity index (χ3n) is 2.99. The Kier molecular flexibility index (Phi) is 4.56. The summed E-state index contributed by atoms with van der Waals surface area (Å²) >= 11 is 6.14. The van der Waals surface area contributed by atoms with E-state index in [-0.39, 0.29) is 11.9 Å². The van der Waals surface area contributed by atoms with Crippen LogP contribution in [0.2, 0.25) is 5.02 Å². The lowest BCUT2D eigenvalue weighted by atomic mass is 10.0. The molecule has 0 radical (unpaired) electrons. The van der Waals surface area contributed by atoms with E-state index in [1.165, 1.54) is 12.1 Å². The van der Waals surface area contributed by atoms with Crippen molar-refractivity contribution in [3.05, 3.63) is 52.6 Å². The molecule has 0 saturated carbocycles. The Hall–Kier alpha value is -1.39. The first-order valence-corrected chi connectivity index (χ1v) is 6.70. The highest BCUT2D eigenvalue weighted by Gasteiger charge is 2.17. The minimum Gasteiger partial charge on any atom is -0.322 e. The Morgan fingerprint density at radius 2 is 2.05 bits per heavy atom. The number of hydrogen-bond acceptors (Lipinski definition) is 2. The maximum Gasteiger partial charge on any atom is 0.123 e. The zero-order chi connectivity index (χ0) is 13.8. The Bertz CT molecular complexity index is 536. The van der Waals surface area contributed by atoms with Gasteiger partial charge in [-0.1, -0.05) is 30.7 Å². The molecule has 0 amide bonds. The molecule has 1 aromatic heterocycles. The largest absolute Gasteiger partial charge is 0.322 e. The zero-order valence-electron chi connectivity index (χ0n) is 10.8. The predicted molar refractivity (Wildman–Crippen MR) is 74.6 cm³/mol. The van der Waals surface area contributed by atoms with Gasteiger partial charge in [-0.05, 0) is 30.5 Å². The number of rotatable bonds is 5. The van der Waals surface area contributed by atoms with Crippen molar-refractivity contribution in [3.8, 4) is 0 Å². The van der Waals surface area contributed by atoms with Crippen LogP contribution < -0.4 is 5.73 Å². The van der Waals surface area contributed by atoms with Crippen molar-refractivity contribution < 1.29 is 4.39 Å². The molecule has 102 valence electrons. The fraction of sp³-hybridized carbons (Fsp3) is 0.357. The molecule has 2 aromatic rings. The van der Waals surface area contributed by atoms with Gasteiger partial charge in [-0.25, -0.2) is 4.39 Å². The molecular formula is C14H17ClFN3. The predicted octanol–water partition coefficient (Wildman–Crippen LogP) is 3.33. The summed E-state index contributed by atoms with van der Waals surface area (Å²) in [5, 5.41) is 4.81. The Labute approximate surface area is 117 Å². The van der Waals surface area contributed by atoms with Crippen molar-refractivity contribution in [2.45, 2.75) is 32.4 Å². The highest BCUT2D eigenvalue weighted by molar-refractivity contribution is 6.31. The molecule has 2 N–H and O–H groups in total. The number of aromatic nitrogens is 2. The van der Waals surface area contributed by atoms with E-state index in [0.29, 0.717) is 11.4 Å². The van der Waals surface area contributed by atoms with Gasteiger partial charge in [-0.3, -0.25) is 4.68 Å². The third-order valence-corrected chi connectivity index (χ3v) is 3.28. The highest BCUT2D eigenvalue weighted by Crippen LogP contribution is 2.24. The number of nitrogens with two attached hydrogens (primary N) is 1. The van der Waals surface area contributed by atoms with Gasteiger partial charge in [0.25, 0.3) is 0 Å². The van der Waals surface area contributed by atoms with Gasteiger partial charge >= 0.3 is 0 Å². The first-order chi connectivity index (χ1) is 9.11. The topological polar surface area (TPSA) is 43.8 Å². The van der Waals surface area contributed by atoms with E-state index >= 15 is 0 Å². The van der Waals surface area contributed by atoms with Crippen LogP contribution in [0.25, 0.3) is 0 Å². The zero-order valence-corrected chi connectivity index (χ0v) is 11.6. The molecule has 0 bridgehead atoms. The van der Waals surface area contributed by atoms with Gasteiger partial charge < -0.3 is 5.73 Å². The summed E-state index contributed by atoms with van der Waals surface area (Å²) in [4.78, 5) is 0. The van der Waals surface area contributed by atoms with Crippen molar-refractivity contribution in [1.82, 2.24) is 9.78 Å². The molecule has 0 aliphatic carbocycles. The Morgan fingerprint density at radius 3 is 2.68 bits per heavy atom. The van der Waals surface area contributed by atoms with E-state index in [0.717, 1.165) is 24.2 Å². The van der Waals surface area contributed by atoms with Crippen molar-refractivity contribution in [3.63, 3.8) is 0 Å². The van der Waals surface area contributed by atoms with Crippen LogP contribution in [0.5, 0.6) is 0 Å². The van der Waals surface area contributed by atoms with Crippen molar-refractivity contribution in [1.29, 1.82) is 0 Å². The van der Waals surface area contributed by atoms with Crippen LogP contribution in [0.3, 0.4) is 0 Å². The second-order valence-electron chi connectivity index (χ2n) is 4.54. The number of hydrogen-bond donors (Lipinski definition) is 1. The second kappa shape index (κ2) is 6.17.